The molecule has 144 valence electrons. The van der Waals surface area contributed by atoms with Crippen molar-refractivity contribution in [3.05, 3.63) is 12.7 Å². The van der Waals surface area contributed by atoms with E-state index in [0.29, 0.717) is 17.8 Å². The van der Waals surface area contributed by atoms with Gasteiger partial charge in [-0.05, 0) is 0 Å². The van der Waals surface area contributed by atoms with Crippen molar-refractivity contribution < 1.29 is 33.3 Å². The molecule has 1 fully saturated rings. The van der Waals surface area contributed by atoms with Crippen LogP contribution in [0.5, 0.6) is 0 Å². The van der Waals surface area contributed by atoms with E-state index in [1.54, 1.807) is 4.57 Å². The maximum Gasteiger partial charge on any atom is 0.317 e. The number of aromatic nitrogens is 4. The van der Waals surface area contributed by atoms with Gasteiger partial charge < -0.3 is 34.5 Å². The summed E-state index contributed by atoms with van der Waals surface area (Å²) in [5.41, 5.74) is 6.58. The zero-order valence-corrected chi connectivity index (χ0v) is 14.9. The van der Waals surface area contributed by atoms with Crippen molar-refractivity contribution in [2.24, 2.45) is 0 Å². The standard InChI is InChI=1S/C13H20N5O7P/c1-22-2-3-23-10-9(25-26(20)21)7(4-19)24-13(10)18-6-17-8-11(14)15-5-16-12(8)18/h5-7,9-10,13,19,26H,2-4H2,1H3,(H,20,21)(H2,14,15,16)/t7-,9+,10?,13-/m1/s1. The van der Waals surface area contributed by atoms with Gasteiger partial charge in [0.25, 0.3) is 0 Å². The van der Waals surface area contributed by atoms with Gasteiger partial charge in [-0.1, -0.05) is 0 Å². The van der Waals surface area contributed by atoms with Crippen LogP contribution in [0.4, 0.5) is 5.82 Å². The molecule has 4 N–H and O–H groups in total. The molecule has 2 aromatic heterocycles. The first-order chi connectivity index (χ1) is 12.6. The van der Waals surface area contributed by atoms with Crippen LogP contribution in [-0.4, -0.2) is 74.8 Å². The quantitative estimate of drug-likeness (QED) is 0.378. The second-order valence-corrected chi connectivity index (χ2v) is 6.27. The highest BCUT2D eigenvalue weighted by Crippen LogP contribution is 2.38. The van der Waals surface area contributed by atoms with Crippen molar-refractivity contribution in [1.29, 1.82) is 0 Å². The van der Waals surface area contributed by atoms with Crippen LogP contribution >= 0.6 is 8.25 Å². The first-order valence-electron chi connectivity index (χ1n) is 7.76. The van der Waals surface area contributed by atoms with Gasteiger partial charge in [-0.15, -0.1) is 0 Å². The van der Waals surface area contributed by atoms with Crippen molar-refractivity contribution in [1.82, 2.24) is 19.5 Å². The van der Waals surface area contributed by atoms with Crippen molar-refractivity contribution >= 4 is 25.2 Å². The molecular weight excluding hydrogens is 369 g/mol. The first-order valence-corrected chi connectivity index (χ1v) is 9.02. The van der Waals surface area contributed by atoms with Gasteiger partial charge in [-0.2, -0.15) is 0 Å². The summed E-state index contributed by atoms with van der Waals surface area (Å²) in [6.45, 7) is 0.0627. The Balaban J connectivity index is 1.96. The van der Waals surface area contributed by atoms with Crippen LogP contribution in [0.25, 0.3) is 11.2 Å². The molecule has 0 amide bonds. The van der Waals surface area contributed by atoms with E-state index in [-0.39, 0.29) is 12.4 Å². The highest BCUT2D eigenvalue weighted by molar-refractivity contribution is 7.32. The first kappa shape index (κ1) is 19.1. The fourth-order valence-electron chi connectivity index (χ4n) is 2.84. The minimum Gasteiger partial charge on any atom is -0.394 e. The number of imidazole rings is 1. The number of fused-ring (bicyclic) bond motifs is 1. The van der Waals surface area contributed by atoms with Gasteiger partial charge in [0.1, 0.15) is 30.2 Å². The number of hydrogen-bond donors (Lipinski definition) is 3. The number of nitrogens with two attached hydrogens (primary N) is 1. The molecule has 3 heterocycles. The van der Waals surface area contributed by atoms with E-state index in [2.05, 4.69) is 15.0 Å². The van der Waals surface area contributed by atoms with Crippen LogP contribution in [0.3, 0.4) is 0 Å². The molecule has 0 aromatic carbocycles. The van der Waals surface area contributed by atoms with Gasteiger partial charge in [0.15, 0.2) is 17.7 Å². The minimum absolute atomic E-state index is 0.190. The second kappa shape index (κ2) is 8.35. The van der Waals surface area contributed by atoms with E-state index in [9.17, 15) is 14.6 Å². The Morgan fingerprint density at radius 2 is 2.15 bits per heavy atom. The summed E-state index contributed by atoms with van der Waals surface area (Å²) in [5, 5.41) is 9.58. The SMILES string of the molecule is COCCOC1[C@@H](O[PH](=O)O)[C@@H](CO)O[C@H]1n1cnc2c(N)ncnc21. The highest BCUT2D eigenvalue weighted by atomic mass is 31.1. The molecule has 26 heavy (non-hydrogen) atoms. The molecule has 0 saturated carbocycles. The summed E-state index contributed by atoms with van der Waals surface area (Å²) < 4.78 is 34.4. The van der Waals surface area contributed by atoms with E-state index in [4.69, 9.17) is 24.5 Å². The maximum atomic E-state index is 11.2. The molecule has 1 aliphatic heterocycles. The monoisotopic (exact) mass is 389 g/mol. The fourth-order valence-corrected chi connectivity index (χ4v) is 3.36. The topological polar surface area (TPSA) is 164 Å². The number of aliphatic hydroxyl groups excluding tert-OH is 1. The van der Waals surface area contributed by atoms with Crippen LogP contribution in [0.15, 0.2) is 12.7 Å². The average Bonchev–Trinajstić information content (AvgIpc) is 3.17. The lowest BCUT2D eigenvalue weighted by Crippen LogP contribution is -2.37. The van der Waals surface area contributed by atoms with Gasteiger partial charge in [0.2, 0.25) is 0 Å². The lowest BCUT2D eigenvalue weighted by Gasteiger charge is -2.23. The molecule has 2 aromatic rings. The zero-order chi connectivity index (χ0) is 18.7. The predicted octanol–water partition coefficient (Wildman–Crippen LogP) is -0.903. The predicted molar refractivity (Wildman–Crippen MR) is 88.4 cm³/mol. The van der Waals surface area contributed by atoms with Gasteiger partial charge >= 0.3 is 8.25 Å². The van der Waals surface area contributed by atoms with Crippen LogP contribution in [0.2, 0.25) is 0 Å². The van der Waals surface area contributed by atoms with Gasteiger partial charge in [0.05, 0.1) is 26.1 Å². The molecule has 12 nitrogen and oxygen atoms in total. The summed E-state index contributed by atoms with van der Waals surface area (Å²) in [5.74, 6) is 0.204. The van der Waals surface area contributed by atoms with Crippen LogP contribution < -0.4 is 5.73 Å². The van der Waals surface area contributed by atoms with Crippen molar-refractivity contribution in [2.45, 2.75) is 24.5 Å². The van der Waals surface area contributed by atoms with Crippen LogP contribution in [0.1, 0.15) is 6.23 Å². The number of nitrogens with zero attached hydrogens (tertiary/aromatic N) is 4. The Hall–Kier alpha value is -1.66. The molecule has 0 bridgehead atoms. The second-order valence-electron chi connectivity index (χ2n) is 5.51. The Morgan fingerprint density at radius 1 is 1.35 bits per heavy atom. The largest absolute Gasteiger partial charge is 0.394 e. The normalized spacial score (nSPS) is 27.2. The number of hydrogen-bond acceptors (Lipinski definition) is 10. The molecule has 3 rings (SSSR count). The smallest absolute Gasteiger partial charge is 0.317 e. The fraction of sp³-hybridized carbons (Fsp3) is 0.615. The third kappa shape index (κ3) is 3.71. The van der Waals surface area contributed by atoms with Crippen molar-refractivity contribution in [3.63, 3.8) is 0 Å². The van der Waals surface area contributed by atoms with Crippen LogP contribution in [0, 0.1) is 0 Å². The summed E-state index contributed by atoms with van der Waals surface area (Å²) in [6.07, 6.45) is -0.714. The lowest BCUT2D eigenvalue weighted by molar-refractivity contribution is -0.0775. The highest BCUT2D eigenvalue weighted by Gasteiger charge is 2.48. The van der Waals surface area contributed by atoms with Gasteiger partial charge in [0, 0.05) is 7.11 Å². The Morgan fingerprint density at radius 3 is 2.85 bits per heavy atom. The molecule has 1 aliphatic rings. The molecule has 1 saturated heterocycles. The van der Waals surface area contributed by atoms with Crippen molar-refractivity contribution in [3.8, 4) is 0 Å². The number of ether oxygens (including phenoxy) is 3. The molecule has 0 aliphatic carbocycles. The molecule has 5 atom stereocenters. The third-order valence-electron chi connectivity index (χ3n) is 3.96. The molecule has 0 radical (unpaired) electrons. The van der Waals surface area contributed by atoms with Crippen LogP contribution in [-0.2, 0) is 23.3 Å². The Bertz CT molecular complexity index is 774. The number of nitrogen functional groups attached to an aromatic ring is 1. The molecular formula is C13H20N5O7P. The van der Waals surface area contributed by atoms with E-state index < -0.39 is 39.4 Å². The summed E-state index contributed by atoms with van der Waals surface area (Å²) >= 11 is 0. The van der Waals surface area contributed by atoms with Crippen molar-refractivity contribution in [2.75, 3.05) is 32.7 Å². The Kier molecular flexibility index (Phi) is 6.14. The zero-order valence-electron chi connectivity index (χ0n) is 13.9. The summed E-state index contributed by atoms with van der Waals surface area (Å²) in [6, 6.07) is 0. The molecule has 2 unspecified atom stereocenters. The third-order valence-corrected chi connectivity index (χ3v) is 4.44. The average molecular weight is 389 g/mol. The summed E-state index contributed by atoms with van der Waals surface area (Å²) in [7, 11) is -1.77. The minimum atomic E-state index is -3.29. The number of methoxy groups -OCH3 is 1. The van der Waals surface area contributed by atoms with E-state index in [1.165, 1.54) is 19.8 Å². The maximum absolute atomic E-state index is 11.2. The Labute approximate surface area is 148 Å². The number of anilines is 1. The van der Waals surface area contributed by atoms with E-state index >= 15 is 0 Å². The van der Waals surface area contributed by atoms with E-state index in [1.807, 2.05) is 0 Å². The number of rotatable bonds is 8. The number of aliphatic hydroxyl groups is 1. The van der Waals surface area contributed by atoms with Gasteiger partial charge in [-0.3, -0.25) is 9.13 Å². The lowest BCUT2D eigenvalue weighted by atomic mass is 10.1. The van der Waals surface area contributed by atoms with E-state index in [0.717, 1.165) is 0 Å². The van der Waals surface area contributed by atoms with Gasteiger partial charge in [-0.25, -0.2) is 15.0 Å². The molecule has 0 spiro atoms. The molecule has 13 heteroatoms. The summed E-state index contributed by atoms with van der Waals surface area (Å²) in [4.78, 5) is 21.4.